The van der Waals surface area contributed by atoms with Crippen LogP contribution < -0.4 is 0 Å². The lowest BCUT2D eigenvalue weighted by atomic mass is 9.86. The molecule has 0 saturated heterocycles. The Balaban J connectivity index is 2.33. The van der Waals surface area contributed by atoms with Crippen LogP contribution in [0.4, 0.5) is 4.39 Å². The van der Waals surface area contributed by atoms with E-state index in [0.29, 0.717) is 0 Å². The van der Waals surface area contributed by atoms with Crippen LogP contribution in [-0.2, 0) is 0 Å². The van der Waals surface area contributed by atoms with Gasteiger partial charge in [-0.3, -0.25) is 0 Å². The van der Waals surface area contributed by atoms with Crippen molar-refractivity contribution >= 4 is 0 Å². The van der Waals surface area contributed by atoms with E-state index in [1.54, 1.807) is 6.07 Å². The Hall–Kier alpha value is -1.67. The van der Waals surface area contributed by atoms with Crippen LogP contribution in [0, 0.1) is 12.7 Å². The van der Waals surface area contributed by atoms with Crippen LogP contribution in [0.25, 0.3) is 0 Å². The lowest BCUT2D eigenvalue weighted by molar-refractivity contribution is 0.142. The van der Waals surface area contributed by atoms with Crippen molar-refractivity contribution in [1.82, 2.24) is 0 Å². The van der Waals surface area contributed by atoms with Crippen molar-refractivity contribution in [3.8, 4) is 0 Å². The summed E-state index contributed by atoms with van der Waals surface area (Å²) in [5, 5.41) is 10.6. The van der Waals surface area contributed by atoms with Gasteiger partial charge in [-0.2, -0.15) is 0 Å². The summed E-state index contributed by atoms with van der Waals surface area (Å²) in [5.74, 6) is -0.230. The minimum absolute atomic E-state index is 0.0327. The Morgan fingerprint density at radius 1 is 1.11 bits per heavy atom. The fraction of sp³-hybridized carbons (Fsp3) is 0.294. The zero-order valence-electron chi connectivity index (χ0n) is 11.3. The van der Waals surface area contributed by atoms with Gasteiger partial charge in [0.25, 0.3) is 0 Å². The van der Waals surface area contributed by atoms with Crippen LogP contribution in [0.5, 0.6) is 0 Å². The molecule has 2 heteroatoms. The van der Waals surface area contributed by atoms with Crippen LogP contribution in [0.15, 0.2) is 48.5 Å². The lowest BCUT2D eigenvalue weighted by Crippen LogP contribution is -2.11. The van der Waals surface area contributed by atoms with Crippen LogP contribution in [-0.4, -0.2) is 5.11 Å². The molecule has 0 aromatic heterocycles. The maximum absolute atomic E-state index is 13.1. The molecule has 2 atom stereocenters. The fourth-order valence-corrected chi connectivity index (χ4v) is 2.53. The van der Waals surface area contributed by atoms with E-state index in [0.717, 1.165) is 23.1 Å². The first-order valence-electron chi connectivity index (χ1n) is 6.62. The van der Waals surface area contributed by atoms with E-state index in [9.17, 15) is 9.50 Å². The average molecular weight is 258 g/mol. The molecule has 100 valence electrons. The Kier molecular flexibility index (Phi) is 4.33. The van der Waals surface area contributed by atoms with Crippen LogP contribution in [0.1, 0.15) is 42.1 Å². The summed E-state index contributed by atoms with van der Waals surface area (Å²) in [7, 11) is 0. The highest BCUT2D eigenvalue weighted by atomic mass is 19.1. The molecular weight excluding hydrogens is 239 g/mol. The lowest BCUT2D eigenvalue weighted by Gasteiger charge is -2.24. The third-order valence-corrected chi connectivity index (χ3v) is 3.60. The monoisotopic (exact) mass is 258 g/mol. The smallest absolute Gasteiger partial charge is 0.123 e. The van der Waals surface area contributed by atoms with Crippen molar-refractivity contribution < 1.29 is 9.50 Å². The largest absolute Gasteiger partial charge is 0.388 e. The summed E-state index contributed by atoms with van der Waals surface area (Å²) < 4.78 is 13.1. The molecule has 0 aliphatic rings. The van der Waals surface area contributed by atoms with Crippen LogP contribution in [0.2, 0.25) is 0 Å². The van der Waals surface area contributed by atoms with E-state index in [4.69, 9.17) is 0 Å². The van der Waals surface area contributed by atoms with Gasteiger partial charge in [0, 0.05) is 5.92 Å². The molecule has 19 heavy (non-hydrogen) atoms. The van der Waals surface area contributed by atoms with Crippen molar-refractivity contribution in [3.63, 3.8) is 0 Å². The standard InChI is InChI=1S/C17H19FO/c1-3-15(13-7-5-4-6-8-13)17(19)16-10-9-14(18)11-12(16)2/h4-11,15,17,19H,3H2,1-2H3. The Morgan fingerprint density at radius 3 is 2.37 bits per heavy atom. The maximum atomic E-state index is 13.1. The van der Waals surface area contributed by atoms with Gasteiger partial charge >= 0.3 is 0 Å². The fourth-order valence-electron chi connectivity index (χ4n) is 2.53. The molecule has 0 fully saturated rings. The minimum atomic E-state index is -0.604. The molecule has 0 aliphatic heterocycles. The summed E-state index contributed by atoms with van der Waals surface area (Å²) in [4.78, 5) is 0. The number of hydrogen-bond acceptors (Lipinski definition) is 1. The van der Waals surface area contributed by atoms with Gasteiger partial charge in [-0.15, -0.1) is 0 Å². The molecule has 0 amide bonds. The summed E-state index contributed by atoms with van der Waals surface area (Å²) >= 11 is 0. The first-order valence-corrected chi connectivity index (χ1v) is 6.62. The second kappa shape index (κ2) is 5.98. The van der Waals surface area contributed by atoms with Crippen molar-refractivity contribution in [2.24, 2.45) is 0 Å². The van der Waals surface area contributed by atoms with Crippen molar-refractivity contribution in [2.75, 3.05) is 0 Å². The molecule has 2 rings (SSSR count). The Morgan fingerprint density at radius 2 is 1.79 bits per heavy atom. The number of aliphatic hydroxyl groups excluding tert-OH is 1. The third kappa shape index (κ3) is 3.02. The van der Waals surface area contributed by atoms with Crippen molar-refractivity contribution in [2.45, 2.75) is 32.3 Å². The first-order chi connectivity index (χ1) is 9.13. The van der Waals surface area contributed by atoms with Gasteiger partial charge in [-0.1, -0.05) is 43.3 Å². The van der Waals surface area contributed by atoms with E-state index >= 15 is 0 Å². The second-order valence-corrected chi connectivity index (χ2v) is 4.87. The first kappa shape index (κ1) is 13.8. The van der Waals surface area contributed by atoms with E-state index in [-0.39, 0.29) is 11.7 Å². The predicted octanol–water partition coefficient (Wildman–Crippen LogP) is 4.36. The molecule has 0 heterocycles. The van der Waals surface area contributed by atoms with Gasteiger partial charge in [0.15, 0.2) is 0 Å². The molecule has 0 radical (unpaired) electrons. The average Bonchev–Trinajstić information content (AvgIpc) is 2.40. The van der Waals surface area contributed by atoms with Crippen molar-refractivity contribution in [3.05, 3.63) is 71.0 Å². The Bertz CT molecular complexity index is 536. The molecule has 2 unspecified atom stereocenters. The van der Waals surface area contributed by atoms with E-state index < -0.39 is 6.10 Å². The third-order valence-electron chi connectivity index (χ3n) is 3.60. The van der Waals surface area contributed by atoms with Gasteiger partial charge < -0.3 is 5.11 Å². The number of aliphatic hydroxyl groups is 1. The van der Waals surface area contributed by atoms with Gasteiger partial charge in [-0.05, 0) is 42.2 Å². The van der Waals surface area contributed by atoms with E-state index in [1.165, 1.54) is 12.1 Å². The van der Waals surface area contributed by atoms with E-state index in [1.807, 2.05) is 37.3 Å². The topological polar surface area (TPSA) is 20.2 Å². The molecule has 1 N–H and O–H groups in total. The van der Waals surface area contributed by atoms with Crippen LogP contribution >= 0.6 is 0 Å². The van der Waals surface area contributed by atoms with Gasteiger partial charge in [0.2, 0.25) is 0 Å². The van der Waals surface area contributed by atoms with Crippen LogP contribution in [0.3, 0.4) is 0 Å². The minimum Gasteiger partial charge on any atom is -0.388 e. The molecule has 0 aliphatic carbocycles. The molecule has 2 aromatic rings. The highest BCUT2D eigenvalue weighted by Crippen LogP contribution is 2.34. The summed E-state index contributed by atoms with van der Waals surface area (Å²) in [5.41, 5.74) is 2.71. The zero-order valence-corrected chi connectivity index (χ0v) is 11.3. The van der Waals surface area contributed by atoms with Gasteiger partial charge in [0.1, 0.15) is 5.82 Å². The normalized spacial score (nSPS) is 14.1. The van der Waals surface area contributed by atoms with Crippen molar-refractivity contribution in [1.29, 1.82) is 0 Å². The molecule has 0 saturated carbocycles. The molecule has 2 aromatic carbocycles. The number of rotatable bonds is 4. The number of benzene rings is 2. The highest BCUT2D eigenvalue weighted by Gasteiger charge is 2.22. The Labute approximate surface area is 113 Å². The number of hydrogen-bond donors (Lipinski definition) is 1. The SMILES string of the molecule is CCC(c1ccccc1)C(O)c1ccc(F)cc1C. The predicted molar refractivity (Wildman–Crippen MR) is 75.6 cm³/mol. The number of halogens is 1. The molecule has 1 nitrogen and oxygen atoms in total. The van der Waals surface area contributed by atoms with E-state index in [2.05, 4.69) is 6.92 Å². The highest BCUT2D eigenvalue weighted by molar-refractivity contribution is 5.32. The second-order valence-electron chi connectivity index (χ2n) is 4.87. The molecular formula is C17H19FO. The summed E-state index contributed by atoms with van der Waals surface area (Å²) in [6.07, 6.45) is 0.232. The zero-order chi connectivity index (χ0) is 13.8. The number of aryl methyl sites for hydroxylation is 1. The van der Waals surface area contributed by atoms with Gasteiger partial charge in [0.05, 0.1) is 6.10 Å². The summed E-state index contributed by atoms with van der Waals surface area (Å²) in [6, 6.07) is 14.5. The summed E-state index contributed by atoms with van der Waals surface area (Å²) in [6.45, 7) is 3.89. The van der Waals surface area contributed by atoms with Gasteiger partial charge in [-0.25, -0.2) is 4.39 Å². The quantitative estimate of drug-likeness (QED) is 0.863. The molecule has 0 spiro atoms. The maximum Gasteiger partial charge on any atom is 0.123 e. The molecule has 0 bridgehead atoms.